The molecule has 1 heteroatoms. The first-order valence-corrected chi connectivity index (χ1v) is 4.04. The minimum atomic E-state index is 0.502. The van der Waals surface area contributed by atoms with Crippen LogP contribution in [0.15, 0.2) is 0 Å². The molecule has 54 valence electrons. The van der Waals surface area contributed by atoms with Crippen LogP contribution in [0.5, 0.6) is 0 Å². The first-order valence-electron chi connectivity index (χ1n) is 4.04. The lowest BCUT2D eigenvalue weighted by atomic mass is 10.0. The van der Waals surface area contributed by atoms with Gasteiger partial charge in [0, 0.05) is 6.04 Å². The fraction of sp³-hybridized carbons (Fsp3) is 1.00. The molecule has 1 fully saturated rings. The van der Waals surface area contributed by atoms with Crippen molar-refractivity contribution in [2.24, 2.45) is 11.7 Å². The van der Waals surface area contributed by atoms with Crippen LogP contribution in [0.3, 0.4) is 0 Å². The second-order valence-electron chi connectivity index (χ2n) is 3.39. The molecule has 1 unspecified atom stereocenters. The summed E-state index contributed by atoms with van der Waals surface area (Å²) in [5.74, 6) is 0.877. The second-order valence-corrected chi connectivity index (χ2v) is 3.39. The highest BCUT2D eigenvalue weighted by Crippen LogP contribution is 2.20. The highest BCUT2D eigenvalue weighted by molar-refractivity contribution is 4.69. The van der Waals surface area contributed by atoms with Gasteiger partial charge < -0.3 is 5.73 Å². The van der Waals surface area contributed by atoms with E-state index in [1.807, 2.05) is 0 Å². The van der Waals surface area contributed by atoms with Crippen molar-refractivity contribution in [3.05, 3.63) is 0 Å². The van der Waals surface area contributed by atoms with Crippen LogP contribution in [-0.4, -0.2) is 6.04 Å². The van der Waals surface area contributed by atoms with Gasteiger partial charge in [-0.25, -0.2) is 0 Å². The predicted molar refractivity (Wildman–Crippen MR) is 40.2 cm³/mol. The molecule has 0 bridgehead atoms. The van der Waals surface area contributed by atoms with E-state index in [-0.39, 0.29) is 0 Å². The zero-order chi connectivity index (χ0) is 6.69. The van der Waals surface area contributed by atoms with Crippen LogP contribution >= 0.6 is 0 Å². The Balaban J connectivity index is 2.29. The summed E-state index contributed by atoms with van der Waals surface area (Å²) < 4.78 is 0. The Morgan fingerprint density at radius 3 is 2.67 bits per heavy atom. The third-order valence-corrected chi connectivity index (χ3v) is 2.23. The van der Waals surface area contributed by atoms with Crippen LogP contribution in [0.2, 0.25) is 0 Å². The second kappa shape index (κ2) is 3.21. The fourth-order valence-corrected chi connectivity index (χ4v) is 1.65. The SMILES string of the molecule is CC1CCCC[C@H](N)C1. The molecule has 0 aromatic rings. The molecule has 0 radical (unpaired) electrons. The van der Waals surface area contributed by atoms with E-state index in [4.69, 9.17) is 5.73 Å². The monoisotopic (exact) mass is 127 g/mol. The van der Waals surface area contributed by atoms with Gasteiger partial charge in [0.05, 0.1) is 0 Å². The Kier molecular flexibility index (Phi) is 2.52. The first-order chi connectivity index (χ1) is 4.29. The summed E-state index contributed by atoms with van der Waals surface area (Å²) in [6, 6.07) is 0.502. The molecule has 1 aliphatic rings. The summed E-state index contributed by atoms with van der Waals surface area (Å²) in [6.45, 7) is 2.31. The molecule has 0 saturated heterocycles. The predicted octanol–water partition coefficient (Wildman–Crippen LogP) is 1.91. The van der Waals surface area contributed by atoms with Crippen molar-refractivity contribution < 1.29 is 0 Å². The lowest BCUT2D eigenvalue weighted by Gasteiger charge is -2.10. The maximum atomic E-state index is 5.83. The average Bonchev–Trinajstić information content (AvgIpc) is 1.93. The van der Waals surface area contributed by atoms with Gasteiger partial charge in [0.25, 0.3) is 0 Å². The van der Waals surface area contributed by atoms with Crippen molar-refractivity contribution >= 4 is 0 Å². The van der Waals surface area contributed by atoms with E-state index in [2.05, 4.69) is 6.92 Å². The van der Waals surface area contributed by atoms with E-state index in [9.17, 15) is 0 Å². The summed E-state index contributed by atoms with van der Waals surface area (Å²) >= 11 is 0. The molecule has 0 aromatic heterocycles. The summed E-state index contributed by atoms with van der Waals surface area (Å²) in [5, 5.41) is 0. The van der Waals surface area contributed by atoms with Crippen LogP contribution in [0.4, 0.5) is 0 Å². The van der Waals surface area contributed by atoms with E-state index < -0.39 is 0 Å². The minimum Gasteiger partial charge on any atom is -0.328 e. The summed E-state index contributed by atoms with van der Waals surface area (Å²) in [6.07, 6.45) is 6.65. The molecule has 2 atom stereocenters. The van der Waals surface area contributed by atoms with Crippen LogP contribution in [0, 0.1) is 5.92 Å². The molecule has 1 aliphatic carbocycles. The van der Waals surface area contributed by atoms with E-state index >= 15 is 0 Å². The minimum absolute atomic E-state index is 0.502. The van der Waals surface area contributed by atoms with E-state index in [0.29, 0.717) is 6.04 Å². The number of rotatable bonds is 0. The van der Waals surface area contributed by atoms with Gasteiger partial charge in [-0.3, -0.25) is 0 Å². The molecule has 0 amide bonds. The van der Waals surface area contributed by atoms with E-state index in [1.54, 1.807) is 0 Å². The lowest BCUT2D eigenvalue weighted by molar-refractivity contribution is 0.469. The van der Waals surface area contributed by atoms with Crippen LogP contribution in [0.25, 0.3) is 0 Å². The largest absolute Gasteiger partial charge is 0.328 e. The number of hydrogen-bond donors (Lipinski definition) is 1. The average molecular weight is 127 g/mol. The molecule has 1 nitrogen and oxygen atoms in total. The van der Waals surface area contributed by atoms with Gasteiger partial charge in [0.1, 0.15) is 0 Å². The summed E-state index contributed by atoms with van der Waals surface area (Å²) in [5.41, 5.74) is 5.83. The van der Waals surface area contributed by atoms with Crippen molar-refractivity contribution in [1.82, 2.24) is 0 Å². The lowest BCUT2D eigenvalue weighted by Crippen LogP contribution is -2.20. The zero-order valence-electron chi connectivity index (χ0n) is 6.27. The highest BCUT2D eigenvalue weighted by Gasteiger charge is 2.12. The normalized spacial score (nSPS) is 38.0. The maximum absolute atomic E-state index is 5.83. The molecule has 9 heavy (non-hydrogen) atoms. The summed E-state index contributed by atoms with van der Waals surface area (Å²) in [7, 11) is 0. The van der Waals surface area contributed by atoms with Crippen molar-refractivity contribution in [3.8, 4) is 0 Å². The molecule has 0 spiro atoms. The fourth-order valence-electron chi connectivity index (χ4n) is 1.65. The molecule has 0 aliphatic heterocycles. The highest BCUT2D eigenvalue weighted by atomic mass is 14.6. The maximum Gasteiger partial charge on any atom is 0.00413 e. The van der Waals surface area contributed by atoms with Gasteiger partial charge in [-0.2, -0.15) is 0 Å². The Labute approximate surface area is 57.6 Å². The quantitative estimate of drug-likeness (QED) is 0.494. The Bertz CT molecular complexity index is 70.6. The third kappa shape index (κ3) is 2.35. The first kappa shape index (κ1) is 7.07. The van der Waals surface area contributed by atoms with Gasteiger partial charge in [-0.15, -0.1) is 0 Å². The van der Waals surface area contributed by atoms with Gasteiger partial charge in [0.15, 0.2) is 0 Å². The molecular weight excluding hydrogens is 110 g/mol. The molecule has 0 heterocycles. The van der Waals surface area contributed by atoms with E-state index in [1.165, 1.54) is 32.1 Å². The van der Waals surface area contributed by atoms with Crippen molar-refractivity contribution in [1.29, 1.82) is 0 Å². The van der Waals surface area contributed by atoms with Gasteiger partial charge in [-0.05, 0) is 18.8 Å². The van der Waals surface area contributed by atoms with Crippen molar-refractivity contribution in [3.63, 3.8) is 0 Å². The van der Waals surface area contributed by atoms with E-state index in [0.717, 1.165) is 5.92 Å². The number of nitrogens with two attached hydrogens (primary N) is 1. The Morgan fingerprint density at radius 2 is 1.89 bits per heavy atom. The zero-order valence-corrected chi connectivity index (χ0v) is 6.27. The molecule has 1 rings (SSSR count). The van der Waals surface area contributed by atoms with Crippen molar-refractivity contribution in [2.45, 2.75) is 45.1 Å². The Morgan fingerprint density at radius 1 is 1.22 bits per heavy atom. The third-order valence-electron chi connectivity index (χ3n) is 2.23. The topological polar surface area (TPSA) is 26.0 Å². The molecule has 0 aromatic carbocycles. The standard InChI is InChI=1S/C8H17N/c1-7-4-2-3-5-8(9)6-7/h7-8H,2-6,9H2,1H3/t7?,8-/m0/s1. The van der Waals surface area contributed by atoms with Crippen molar-refractivity contribution in [2.75, 3.05) is 0 Å². The summed E-state index contributed by atoms with van der Waals surface area (Å²) in [4.78, 5) is 0. The molecular formula is C8H17N. The number of hydrogen-bond acceptors (Lipinski definition) is 1. The van der Waals surface area contributed by atoms with Gasteiger partial charge >= 0.3 is 0 Å². The molecule has 2 N–H and O–H groups in total. The van der Waals surface area contributed by atoms with Crippen LogP contribution in [0.1, 0.15) is 39.0 Å². The van der Waals surface area contributed by atoms with Gasteiger partial charge in [0.2, 0.25) is 0 Å². The van der Waals surface area contributed by atoms with Crippen LogP contribution < -0.4 is 5.73 Å². The van der Waals surface area contributed by atoms with Crippen LogP contribution in [-0.2, 0) is 0 Å². The van der Waals surface area contributed by atoms with Gasteiger partial charge in [-0.1, -0.05) is 26.2 Å². The molecule has 1 saturated carbocycles. The smallest absolute Gasteiger partial charge is 0.00413 e. The Hall–Kier alpha value is -0.0400.